The summed E-state index contributed by atoms with van der Waals surface area (Å²) in [6.07, 6.45) is 8.86. The third-order valence-corrected chi connectivity index (χ3v) is 14.8. The third-order valence-electron chi connectivity index (χ3n) is 12.9. The first kappa shape index (κ1) is 44.4. The Labute approximate surface area is 371 Å². The Morgan fingerprint density at radius 2 is 1.67 bits per heavy atom. The van der Waals surface area contributed by atoms with Gasteiger partial charge in [-0.15, -0.1) is 0 Å². The molecule has 13 nitrogen and oxygen atoms in total. The second kappa shape index (κ2) is 18.1. The molecule has 3 aliphatic heterocycles. The molecule has 2 amide bonds. The number of aryl methyl sites for hydroxylation is 2. The number of nitrogens with zero attached hydrogens (tertiary/aromatic N) is 6. The number of aromatic nitrogens is 4. The van der Waals surface area contributed by atoms with Crippen LogP contribution in [-0.2, 0) is 27.0 Å². The van der Waals surface area contributed by atoms with E-state index in [2.05, 4.69) is 53.7 Å². The molecule has 0 radical (unpaired) electrons. The van der Waals surface area contributed by atoms with E-state index in [9.17, 15) is 14.2 Å². The van der Waals surface area contributed by atoms with E-state index in [1.165, 1.54) is 18.3 Å². The van der Waals surface area contributed by atoms with Gasteiger partial charge in [-0.05, 0) is 119 Å². The van der Waals surface area contributed by atoms with Crippen LogP contribution >= 0.6 is 18.7 Å². The van der Waals surface area contributed by atoms with Crippen molar-refractivity contribution in [3.63, 3.8) is 0 Å². The van der Waals surface area contributed by atoms with Crippen molar-refractivity contribution >= 4 is 75.6 Å². The minimum Gasteiger partial charge on any atom is -0.494 e. The molecule has 17 heteroatoms. The number of likely N-dealkylation sites (tertiary alicyclic amines) is 1. The Morgan fingerprint density at radius 3 is 2.33 bits per heavy atom. The second-order valence-electron chi connectivity index (χ2n) is 17.4. The Bertz CT molecular complexity index is 2600. The SMILES string of the molecule is CCc1ncc2c(P(C)(C)=O)c(Nc3nc(Nc4cc(C)c(N5CCC6(CCN(CCc7cc(F)c([C@H]8CCC(=O)NC8=O)c(F)c7)CC6)CC5)cc4OC)ncc3Cl)ccc2n1. The molecule has 1 atom stereocenters. The van der Waals surface area contributed by atoms with Crippen molar-refractivity contribution in [2.75, 3.05) is 68.7 Å². The van der Waals surface area contributed by atoms with Gasteiger partial charge in [-0.2, -0.15) is 4.98 Å². The molecule has 3 saturated heterocycles. The average Bonchev–Trinajstić information content (AvgIpc) is 3.25. The van der Waals surface area contributed by atoms with E-state index in [4.69, 9.17) is 21.3 Å². The highest BCUT2D eigenvalue weighted by atomic mass is 35.5. The van der Waals surface area contributed by atoms with Crippen LogP contribution in [0.5, 0.6) is 5.75 Å². The number of hydrogen-bond donors (Lipinski definition) is 3. The summed E-state index contributed by atoms with van der Waals surface area (Å²) in [5, 5.41) is 10.5. The summed E-state index contributed by atoms with van der Waals surface area (Å²) in [6, 6.07) is 10.5. The maximum Gasteiger partial charge on any atom is 0.234 e. The lowest BCUT2D eigenvalue weighted by molar-refractivity contribution is -0.134. The quantitative estimate of drug-likeness (QED) is 0.0814. The Balaban J connectivity index is 0.883. The third kappa shape index (κ3) is 9.51. The zero-order chi connectivity index (χ0) is 44.6. The lowest BCUT2D eigenvalue weighted by Crippen LogP contribution is -2.47. The van der Waals surface area contributed by atoms with E-state index in [1.807, 2.05) is 25.1 Å². The van der Waals surface area contributed by atoms with Crippen molar-refractivity contribution in [3.05, 3.63) is 88.0 Å². The van der Waals surface area contributed by atoms with Crippen LogP contribution in [-0.4, -0.2) is 89.8 Å². The molecule has 2 aromatic heterocycles. The molecule has 5 heterocycles. The van der Waals surface area contributed by atoms with Gasteiger partial charge in [-0.25, -0.2) is 23.7 Å². The van der Waals surface area contributed by atoms with Crippen molar-refractivity contribution in [2.24, 2.45) is 5.41 Å². The first-order valence-corrected chi connectivity index (χ1v) is 24.5. The number of carbonyl (C=O) groups is 2. The van der Waals surface area contributed by atoms with Crippen LogP contribution in [0.4, 0.5) is 37.6 Å². The van der Waals surface area contributed by atoms with E-state index in [1.54, 1.807) is 26.6 Å². The van der Waals surface area contributed by atoms with Gasteiger partial charge in [-0.3, -0.25) is 14.9 Å². The van der Waals surface area contributed by atoms with Crippen molar-refractivity contribution in [3.8, 4) is 5.75 Å². The van der Waals surface area contributed by atoms with Gasteiger partial charge in [0.2, 0.25) is 17.8 Å². The van der Waals surface area contributed by atoms with Crippen LogP contribution < -0.4 is 30.9 Å². The lowest BCUT2D eigenvalue weighted by Gasteiger charge is -2.47. The number of rotatable bonds is 12. The summed E-state index contributed by atoms with van der Waals surface area (Å²) in [6.45, 7) is 11.9. The zero-order valence-electron chi connectivity index (χ0n) is 36.3. The number of nitrogens with one attached hydrogen (secondary N) is 3. The first-order valence-electron chi connectivity index (χ1n) is 21.5. The number of amides is 2. The molecule has 5 aromatic rings. The van der Waals surface area contributed by atoms with Crippen LogP contribution in [0.3, 0.4) is 0 Å². The molecule has 0 unspecified atom stereocenters. The second-order valence-corrected chi connectivity index (χ2v) is 21.0. The van der Waals surface area contributed by atoms with E-state index >= 15 is 8.78 Å². The highest BCUT2D eigenvalue weighted by molar-refractivity contribution is 7.71. The standard InChI is InChI=1S/C46H53ClF2N9O4P/c1-6-39-50-25-30-34(52-39)8-9-35(42(30)63(4,5)61)53-43-31(47)26-51-45(56-43)54-36-21-27(2)37(24-38(36)62-3)58-19-14-46(15-20-58)12-17-57(18-13-46)16-11-28-22-32(48)41(33(49)23-28)29-7-10-40(59)55-44(29)60/h8-9,21-26,29H,6-7,10-20H2,1-5H3,(H,55,59,60)(H2,51,53,54,56)/t29-/m1/s1. The minimum atomic E-state index is -2.81. The molecule has 0 bridgehead atoms. The zero-order valence-corrected chi connectivity index (χ0v) is 37.9. The molecular formula is C46H53ClF2N9O4P. The number of piperidine rings is 3. The summed E-state index contributed by atoms with van der Waals surface area (Å²) in [5.41, 5.74) is 4.76. The normalized spacial score (nSPS) is 18.2. The number of imide groups is 1. The Morgan fingerprint density at radius 1 is 0.952 bits per heavy atom. The molecule has 3 aromatic carbocycles. The van der Waals surface area contributed by atoms with E-state index in [0.717, 1.165) is 68.6 Å². The number of fused-ring (bicyclic) bond motifs is 1. The molecule has 3 N–H and O–H groups in total. The van der Waals surface area contributed by atoms with Crippen molar-refractivity contribution in [2.45, 2.75) is 71.1 Å². The lowest BCUT2D eigenvalue weighted by atomic mass is 9.71. The highest BCUT2D eigenvalue weighted by Crippen LogP contribution is 2.45. The smallest absolute Gasteiger partial charge is 0.234 e. The van der Waals surface area contributed by atoms with Crippen LogP contribution in [0, 0.1) is 24.0 Å². The summed E-state index contributed by atoms with van der Waals surface area (Å²) in [5.74, 6) is -1.53. The molecule has 1 spiro atoms. The Kier molecular flexibility index (Phi) is 12.7. The molecule has 0 aliphatic carbocycles. The average molecular weight is 900 g/mol. The van der Waals surface area contributed by atoms with Gasteiger partial charge in [0.1, 0.15) is 35.4 Å². The van der Waals surface area contributed by atoms with Gasteiger partial charge < -0.3 is 29.7 Å². The van der Waals surface area contributed by atoms with Crippen molar-refractivity contribution in [1.29, 1.82) is 0 Å². The largest absolute Gasteiger partial charge is 0.494 e. The van der Waals surface area contributed by atoms with E-state index < -0.39 is 36.5 Å². The molecule has 3 aliphatic rings. The summed E-state index contributed by atoms with van der Waals surface area (Å²) >= 11 is 6.62. The topological polar surface area (TPSA) is 155 Å². The molecule has 63 heavy (non-hydrogen) atoms. The van der Waals surface area contributed by atoms with Crippen LogP contribution in [0.15, 0.2) is 48.8 Å². The fourth-order valence-electron chi connectivity index (χ4n) is 9.37. The monoisotopic (exact) mass is 899 g/mol. The van der Waals surface area contributed by atoms with Crippen molar-refractivity contribution in [1.82, 2.24) is 30.2 Å². The van der Waals surface area contributed by atoms with Gasteiger partial charge in [-0.1, -0.05) is 18.5 Å². The molecule has 0 saturated carbocycles. The van der Waals surface area contributed by atoms with Gasteiger partial charge >= 0.3 is 0 Å². The summed E-state index contributed by atoms with van der Waals surface area (Å²) in [7, 11) is -1.17. The predicted octanol–water partition coefficient (Wildman–Crippen LogP) is 8.41. The first-order chi connectivity index (χ1) is 30.1. The molecule has 332 valence electrons. The fourth-order valence-corrected chi connectivity index (χ4v) is 11.0. The van der Waals surface area contributed by atoms with E-state index in [0.29, 0.717) is 75.4 Å². The molecule has 8 rings (SSSR count). The van der Waals surface area contributed by atoms with Gasteiger partial charge in [0.25, 0.3) is 0 Å². The van der Waals surface area contributed by atoms with Gasteiger partial charge in [0, 0.05) is 66.7 Å². The predicted molar refractivity (Wildman–Crippen MR) is 244 cm³/mol. The summed E-state index contributed by atoms with van der Waals surface area (Å²) in [4.78, 5) is 46.9. The molecule has 3 fully saturated rings. The van der Waals surface area contributed by atoms with Gasteiger partial charge in [0.05, 0.1) is 36.1 Å². The van der Waals surface area contributed by atoms with Crippen molar-refractivity contribution < 1.29 is 27.7 Å². The number of carbonyl (C=O) groups excluding carboxylic acids is 2. The van der Waals surface area contributed by atoms with Crippen LogP contribution in [0.25, 0.3) is 10.9 Å². The number of benzene rings is 3. The minimum absolute atomic E-state index is 0.0615. The summed E-state index contributed by atoms with van der Waals surface area (Å²) < 4.78 is 49.8. The number of halogens is 3. The number of hydrogen-bond acceptors (Lipinski definition) is 12. The maximum absolute atomic E-state index is 15.1. The number of methoxy groups -OCH3 is 1. The number of ether oxygens (including phenoxy) is 1. The maximum atomic E-state index is 15.1. The van der Waals surface area contributed by atoms with Crippen LogP contribution in [0.2, 0.25) is 5.02 Å². The Hall–Kier alpha value is -5.24. The fraction of sp³-hybridized carbons (Fsp3) is 0.435. The highest BCUT2D eigenvalue weighted by Gasteiger charge is 2.38. The van der Waals surface area contributed by atoms with Gasteiger partial charge in [0.15, 0.2) is 5.82 Å². The van der Waals surface area contributed by atoms with E-state index in [-0.39, 0.29) is 23.8 Å². The number of anilines is 5. The molecular weight excluding hydrogens is 847 g/mol. The van der Waals surface area contributed by atoms with Crippen LogP contribution in [0.1, 0.15) is 73.9 Å².